The predicted molar refractivity (Wildman–Crippen MR) is 280 cm³/mol. The lowest BCUT2D eigenvalue weighted by Crippen LogP contribution is -2.14. The van der Waals surface area contributed by atoms with Crippen LogP contribution in [-0.2, 0) is 33.6 Å². The number of carbonyl (C=O) groups excluding carboxylic acids is 3. The Morgan fingerprint density at radius 1 is 0.459 bits per heavy atom. The fourth-order valence-electron chi connectivity index (χ4n) is 8.78. The van der Waals surface area contributed by atoms with Crippen LogP contribution < -0.4 is 4.74 Å². The average molecular weight is 1020 g/mol. The van der Waals surface area contributed by atoms with Gasteiger partial charge in [0.2, 0.25) is 0 Å². The molecular weight excluding hydrogens is 970 g/mol. The number of nitrogens with zero attached hydrogens (tertiary/aromatic N) is 3. The van der Waals surface area contributed by atoms with Crippen molar-refractivity contribution in [1.29, 1.82) is 0 Å². The van der Waals surface area contributed by atoms with Crippen molar-refractivity contribution in [2.24, 2.45) is 0 Å². The second-order valence-electron chi connectivity index (χ2n) is 17.3. The average Bonchev–Trinajstić information content (AvgIpc) is 3.89. The number of hydrogen-bond donors (Lipinski definition) is 3. The van der Waals surface area contributed by atoms with Gasteiger partial charge in [0.1, 0.15) is 17.4 Å². The van der Waals surface area contributed by atoms with Crippen LogP contribution in [0.3, 0.4) is 0 Å². The summed E-state index contributed by atoms with van der Waals surface area (Å²) in [6.07, 6.45) is -0.698. The smallest absolute Gasteiger partial charge is 0.307 e. The van der Waals surface area contributed by atoms with Crippen LogP contribution in [0.5, 0.6) is 5.75 Å². The number of ether oxygens (including phenoxy) is 1. The fraction of sp³-hybridized carbons (Fsp3) is 0.172. The lowest BCUT2D eigenvalue weighted by molar-refractivity contribution is -0.137. The first-order valence-corrected chi connectivity index (χ1v) is 23.0. The highest BCUT2D eigenvalue weighted by Crippen LogP contribution is 2.32. The Morgan fingerprint density at radius 2 is 0.757 bits per heavy atom. The molecule has 3 heterocycles. The Labute approximate surface area is 429 Å². The van der Waals surface area contributed by atoms with Gasteiger partial charge in [-0.1, -0.05) is 54.4 Å². The van der Waals surface area contributed by atoms with Crippen molar-refractivity contribution in [3.8, 4) is 5.75 Å². The first-order chi connectivity index (χ1) is 34.7. The number of aromatic nitrogens is 3. The molecule has 0 saturated carbocycles. The maximum atomic E-state index is 13.6. The largest absolute Gasteiger partial charge is 0.497 e. The van der Waals surface area contributed by atoms with E-state index in [1.807, 2.05) is 38.1 Å². The van der Waals surface area contributed by atoms with Gasteiger partial charge >= 0.3 is 17.9 Å². The summed E-state index contributed by atoms with van der Waals surface area (Å²) in [5.74, 6) is -4.09. The number of benzene rings is 6. The number of carbonyl (C=O) groups is 6. The minimum Gasteiger partial charge on any atom is -0.497 e. The summed E-state index contributed by atoms with van der Waals surface area (Å²) in [6, 6.07) is 34.2. The van der Waals surface area contributed by atoms with Crippen LogP contribution >= 0.6 is 11.6 Å². The zero-order valence-corrected chi connectivity index (χ0v) is 41.2. The van der Waals surface area contributed by atoms with Gasteiger partial charge in [0.25, 0.3) is 17.7 Å². The Bertz CT molecular complexity index is 3490. The molecule has 0 aliphatic carbocycles. The van der Waals surface area contributed by atoms with Crippen molar-refractivity contribution in [2.45, 2.75) is 61.3 Å². The van der Waals surface area contributed by atoms with Crippen LogP contribution in [0.25, 0.3) is 32.7 Å². The minimum atomic E-state index is -1.04. The van der Waals surface area contributed by atoms with Crippen LogP contribution in [0.15, 0.2) is 127 Å². The molecule has 0 amide bonds. The van der Waals surface area contributed by atoms with Crippen LogP contribution in [0.1, 0.15) is 83.4 Å². The fourth-order valence-corrected chi connectivity index (χ4v) is 8.91. The molecule has 9 rings (SSSR count). The van der Waals surface area contributed by atoms with Crippen molar-refractivity contribution in [3.05, 3.63) is 206 Å². The van der Waals surface area contributed by atoms with Crippen LogP contribution in [0.2, 0.25) is 5.02 Å². The van der Waals surface area contributed by atoms with Gasteiger partial charge in [0.05, 0.1) is 42.9 Å². The second kappa shape index (κ2) is 22.8. The van der Waals surface area contributed by atoms with Gasteiger partial charge in [0.15, 0.2) is 0 Å². The van der Waals surface area contributed by atoms with E-state index in [0.29, 0.717) is 88.6 Å². The summed E-state index contributed by atoms with van der Waals surface area (Å²) in [5, 5.41) is 29.6. The van der Waals surface area contributed by atoms with E-state index in [2.05, 4.69) is 0 Å². The number of halogens is 3. The summed E-state index contributed by atoms with van der Waals surface area (Å²) < 4.78 is 36.9. The second-order valence-corrected chi connectivity index (χ2v) is 17.7. The molecule has 0 bridgehead atoms. The van der Waals surface area contributed by atoms with Crippen molar-refractivity contribution in [1.82, 2.24) is 13.7 Å². The molecule has 0 atom stereocenters. The standard InChI is InChI=1S/C20H19NO4.C19H16FNO3.C18H13ClFNO3.CH4/c1-12-4-6-14(7-5-12)20(24)21-13(2)16(11-19(22)23)17-10-15(25-3)8-9-18(17)21;1-11-3-5-13(6-4-11)19(24)21-12(2)15(10-18(22)23)16-9-14(20)7-8-17(16)21;1-10-14(9-17(22)23)15-8-13(20)6-7-16(15)21(10)18(24)11-2-4-12(19)5-3-11;/h4-10H,11H2,1-3H3,(H,22,23);3-9H,10H2,1-2H3,(H,22,23);2-8H,9H2,1H3,(H,22,23);1H4/i;2*20-1;. The summed E-state index contributed by atoms with van der Waals surface area (Å²) in [4.78, 5) is 72.3. The van der Waals surface area contributed by atoms with Crippen molar-refractivity contribution in [3.63, 3.8) is 0 Å². The zero-order valence-electron chi connectivity index (χ0n) is 40.4. The SMILES string of the molecule is C.COc1ccc2c(c1)c(CC(=O)O)c(C)n2C(=O)c1ccc(C)cc1.Cc1c(CC(=O)O)c2cc([18F])ccc2n1C(=O)c1ccc(Cl)cc1.Cc1ccc(C(=O)n2c(C)c(CC(=O)O)c3cc([18F])ccc32)cc1. The van der Waals surface area contributed by atoms with Gasteiger partial charge in [-0.15, -0.1) is 0 Å². The van der Waals surface area contributed by atoms with Gasteiger partial charge in [-0.25, -0.2) is 8.78 Å². The monoisotopic (exact) mass is 1020 g/mol. The quantitative estimate of drug-likeness (QED) is 0.119. The number of carboxylic acid groups (broad SMARTS) is 3. The van der Waals surface area contributed by atoms with Gasteiger partial charge < -0.3 is 20.1 Å². The third-order valence-corrected chi connectivity index (χ3v) is 12.7. The normalized spacial score (nSPS) is 10.8. The molecular formula is C58H52ClF2N3O10. The molecule has 3 N–H and O–H groups in total. The Hall–Kier alpha value is -8.69. The molecule has 0 unspecified atom stereocenters. The third-order valence-electron chi connectivity index (χ3n) is 12.4. The number of carboxylic acids is 3. The first kappa shape index (κ1) is 54.6. The Balaban J connectivity index is 0.000000180. The summed E-state index contributed by atoms with van der Waals surface area (Å²) in [7, 11) is 1.55. The van der Waals surface area contributed by atoms with E-state index in [1.54, 1.807) is 99.2 Å². The van der Waals surface area contributed by atoms with E-state index in [-0.39, 0.29) is 44.4 Å². The van der Waals surface area contributed by atoms with Gasteiger partial charge in [-0.2, -0.15) is 0 Å². The molecule has 9 aromatic rings. The third kappa shape index (κ3) is 11.5. The highest BCUT2D eigenvalue weighted by atomic mass is 35.5. The molecule has 74 heavy (non-hydrogen) atoms. The lowest BCUT2D eigenvalue weighted by Gasteiger charge is -2.08. The maximum absolute atomic E-state index is 13.6. The molecule has 0 aliphatic heterocycles. The van der Waals surface area contributed by atoms with Crippen LogP contribution in [0, 0.1) is 46.3 Å². The van der Waals surface area contributed by atoms with Crippen molar-refractivity contribution >= 4 is 79.9 Å². The molecule has 0 saturated heterocycles. The highest BCUT2D eigenvalue weighted by molar-refractivity contribution is 6.30. The number of aryl methyl sites for hydroxylation is 2. The summed E-state index contributed by atoms with van der Waals surface area (Å²) in [6.45, 7) is 9.00. The van der Waals surface area contributed by atoms with E-state index in [1.165, 1.54) is 45.5 Å². The molecule has 380 valence electrons. The molecule has 0 fully saturated rings. The first-order valence-electron chi connectivity index (χ1n) is 22.6. The van der Waals surface area contributed by atoms with Crippen LogP contribution in [-0.4, -0.2) is 71.8 Å². The number of fused-ring (bicyclic) bond motifs is 3. The predicted octanol–water partition coefficient (Wildman–Crippen LogP) is 12.0. The van der Waals surface area contributed by atoms with Crippen LogP contribution in [0.4, 0.5) is 8.78 Å². The molecule has 0 spiro atoms. The molecule has 13 nitrogen and oxygen atoms in total. The Kier molecular flexibility index (Phi) is 16.8. The maximum Gasteiger partial charge on any atom is 0.307 e. The van der Waals surface area contributed by atoms with E-state index < -0.39 is 29.5 Å². The Morgan fingerprint density at radius 3 is 1.07 bits per heavy atom. The topological polar surface area (TPSA) is 187 Å². The summed E-state index contributed by atoms with van der Waals surface area (Å²) in [5.41, 5.74) is 8.38. The zero-order chi connectivity index (χ0) is 53.0. The summed E-state index contributed by atoms with van der Waals surface area (Å²) >= 11 is 5.84. The van der Waals surface area contributed by atoms with Gasteiger partial charge in [-0.05, 0) is 154 Å². The molecule has 3 aromatic heterocycles. The van der Waals surface area contributed by atoms with Gasteiger partial charge in [-0.3, -0.25) is 42.5 Å². The minimum absolute atomic E-state index is 0. The van der Waals surface area contributed by atoms with Crippen molar-refractivity contribution < 1.29 is 57.6 Å². The number of aliphatic carboxylic acids is 3. The molecule has 0 aliphatic rings. The van der Waals surface area contributed by atoms with Crippen molar-refractivity contribution in [2.75, 3.05) is 7.11 Å². The highest BCUT2D eigenvalue weighted by Gasteiger charge is 2.25. The number of hydrogen-bond acceptors (Lipinski definition) is 7. The van der Waals surface area contributed by atoms with E-state index in [9.17, 15) is 42.7 Å². The van der Waals surface area contributed by atoms with E-state index in [4.69, 9.17) is 26.6 Å². The molecule has 0 radical (unpaired) electrons. The number of methoxy groups -OCH3 is 1. The van der Waals surface area contributed by atoms with E-state index >= 15 is 0 Å². The van der Waals surface area contributed by atoms with E-state index in [0.717, 1.165) is 16.5 Å². The van der Waals surface area contributed by atoms with Gasteiger partial charge in [0, 0.05) is 55.0 Å². The molecule has 6 aromatic carbocycles. The number of rotatable bonds is 10. The lowest BCUT2D eigenvalue weighted by atomic mass is 10.1. The molecule has 16 heteroatoms.